The Morgan fingerprint density at radius 2 is 1.82 bits per heavy atom. The number of halogens is 1. The third-order valence-electron chi connectivity index (χ3n) is 7.80. The molecule has 0 atom stereocenters. The Morgan fingerprint density at radius 3 is 2.55 bits per heavy atom. The van der Waals surface area contributed by atoms with Gasteiger partial charge in [-0.2, -0.15) is 0 Å². The van der Waals surface area contributed by atoms with Crippen LogP contribution in [-0.4, -0.2) is 33.4 Å². The Labute approximate surface area is 246 Å². The van der Waals surface area contributed by atoms with Crippen LogP contribution in [-0.2, 0) is 19.6 Å². The number of rotatable bonds is 10. The molecule has 1 fully saturated rings. The first-order valence-electron chi connectivity index (χ1n) is 14.2. The summed E-state index contributed by atoms with van der Waals surface area (Å²) < 4.78 is 8.20. The van der Waals surface area contributed by atoms with Crippen LogP contribution in [0.5, 0.6) is 5.75 Å². The van der Waals surface area contributed by atoms with Crippen molar-refractivity contribution in [1.82, 2.24) is 14.5 Å². The van der Waals surface area contributed by atoms with Gasteiger partial charge in [0.25, 0.3) is 5.91 Å². The lowest BCUT2D eigenvalue weighted by molar-refractivity contribution is 0.0689. The molecule has 2 aromatic carbocycles. The maximum Gasteiger partial charge on any atom is 0.255 e. The number of carbonyl (C=O) groups is 1. The van der Waals surface area contributed by atoms with Gasteiger partial charge in [-0.1, -0.05) is 67.9 Å². The van der Waals surface area contributed by atoms with Gasteiger partial charge in [-0.05, 0) is 68.2 Å². The summed E-state index contributed by atoms with van der Waals surface area (Å²) >= 11 is 7.82. The SMILES string of the molecule is Cc1c(C(=O)N2CCC(Cc3ccccc3)CC2)cc(-c2csc(COc3ccccc3Cl)n2)n1CCC(C)C. The van der Waals surface area contributed by atoms with E-state index < -0.39 is 0 Å². The van der Waals surface area contributed by atoms with Gasteiger partial charge in [0, 0.05) is 30.7 Å². The van der Waals surface area contributed by atoms with Gasteiger partial charge in [0.1, 0.15) is 17.4 Å². The fourth-order valence-corrected chi connectivity index (χ4v) is 6.29. The highest BCUT2D eigenvalue weighted by Gasteiger charge is 2.27. The highest BCUT2D eigenvalue weighted by Crippen LogP contribution is 2.31. The zero-order valence-corrected chi connectivity index (χ0v) is 25.2. The fraction of sp³-hybridized carbons (Fsp3) is 0.394. The van der Waals surface area contributed by atoms with E-state index in [0.717, 1.165) is 73.0 Å². The van der Waals surface area contributed by atoms with Crippen molar-refractivity contribution in [2.75, 3.05) is 13.1 Å². The molecule has 7 heteroatoms. The second-order valence-electron chi connectivity index (χ2n) is 11.1. The third-order valence-corrected chi connectivity index (χ3v) is 8.93. The molecule has 40 heavy (non-hydrogen) atoms. The summed E-state index contributed by atoms with van der Waals surface area (Å²) in [5, 5.41) is 3.53. The summed E-state index contributed by atoms with van der Waals surface area (Å²) in [7, 11) is 0. The Kier molecular flexibility index (Phi) is 9.28. The Bertz CT molecular complexity index is 1420. The largest absolute Gasteiger partial charge is 0.485 e. The number of aromatic nitrogens is 2. The lowest BCUT2D eigenvalue weighted by Gasteiger charge is -2.32. The minimum atomic E-state index is 0.137. The van der Waals surface area contributed by atoms with Crippen molar-refractivity contribution in [3.05, 3.63) is 92.9 Å². The van der Waals surface area contributed by atoms with Gasteiger partial charge in [-0.3, -0.25) is 4.79 Å². The number of para-hydroxylation sites is 1. The molecule has 0 N–H and O–H groups in total. The van der Waals surface area contributed by atoms with Crippen LogP contribution in [0.2, 0.25) is 5.02 Å². The van der Waals surface area contributed by atoms with Gasteiger partial charge in [0.15, 0.2) is 0 Å². The van der Waals surface area contributed by atoms with Crippen LogP contribution in [0, 0.1) is 18.8 Å². The monoisotopic (exact) mass is 575 g/mol. The van der Waals surface area contributed by atoms with Gasteiger partial charge in [0.2, 0.25) is 0 Å². The van der Waals surface area contributed by atoms with E-state index in [1.54, 1.807) is 11.3 Å². The van der Waals surface area contributed by atoms with E-state index >= 15 is 0 Å². The zero-order chi connectivity index (χ0) is 28.1. The van der Waals surface area contributed by atoms with Crippen molar-refractivity contribution in [3.63, 3.8) is 0 Å². The quantitative estimate of drug-likeness (QED) is 0.191. The lowest BCUT2D eigenvalue weighted by Crippen LogP contribution is -2.39. The predicted octanol–water partition coefficient (Wildman–Crippen LogP) is 8.29. The Morgan fingerprint density at radius 1 is 1.10 bits per heavy atom. The number of hydrogen-bond acceptors (Lipinski definition) is 4. The van der Waals surface area contributed by atoms with E-state index in [2.05, 4.69) is 67.1 Å². The first-order valence-corrected chi connectivity index (χ1v) is 15.5. The number of hydrogen-bond donors (Lipinski definition) is 0. The number of likely N-dealkylation sites (tertiary alicyclic amines) is 1. The van der Waals surface area contributed by atoms with E-state index in [-0.39, 0.29) is 5.91 Å². The molecule has 0 unspecified atom stereocenters. The van der Waals surface area contributed by atoms with E-state index in [1.807, 2.05) is 29.2 Å². The third kappa shape index (κ3) is 6.79. The van der Waals surface area contributed by atoms with Gasteiger partial charge in [-0.25, -0.2) is 4.98 Å². The van der Waals surface area contributed by atoms with Crippen molar-refractivity contribution in [2.45, 2.75) is 59.6 Å². The van der Waals surface area contributed by atoms with E-state index in [1.165, 1.54) is 5.56 Å². The van der Waals surface area contributed by atoms with Crippen molar-refractivity contribution >= 4 is 28.8 Å². The molecule has 1 aliphatic heterocycles. The molecule has 0 radical (unpaired) electrons. The van der Waals surface area contributed by atoms with Gasteiger partial charge >= 0.3 is 0 Å². The molecule has 1 saturated heterocycles. The van der Waals surface area contributed by atoms with Crippen molar-refractivity contribution in [2.24, 2.45) is 11.8 Å². The summed E-state index contributed by atoms with van der Waals surface area (Å²) in [5.41, 5.74) is 5.09. The number of piperidine rings is 1. The second kappa shape index (κ2) is 13.0. The summed E-state index contributed by atoms with van der Waals surface area (Å²) in [6, 6.07) is 20.2. The number of benzene rings is 2. The van der Waals surface area contributed by atoms with Crippen LogP contribution < -0.4 is 4.74 Å². The predicted molar refractivity (Wildman–Crippen MR) is 164 cm³/mol. The summed E-state index contributed by atoms with van der Waals surface area (Å²) in [6.45, 7) is 9.37. The highest BCUT2D eigenvalue weighted by molar-refractivity contribution is 7.09. The number of thiazole rings is 1. The highest BCUT2D eigenvalue weighted by atomic mass is 35.5. The first-order chi connectivity index (χ1) is 19.4. The maximum atomic E-state index is 13.8. The topological polar surface area (TPSA) is 47.4 Å². The molecular weight excluding hydrogens is 538 g/mol. The molecule has 1 aliphatic rings. The number of nitrogens with zero attached hydrogens (tertiary/aromatic N) is 3. The van der Waals surface area contributed by atoms with Gasteiger partial charge in [-0.15, -0.1) is 11.3 Å². The molecule has 0 aliphatic carbocycles. The molecule has 0 bridgehead atoms. The summed E-state index contributed by atoms with van der Waals surface area (Å²) in [4.78, 5) is 20.7. The maximum absolute atomic E-state index is 13.8. The molecule has 5 rings (SSSR count). The van der Waals surface area contributed by atoms with Crippen LogP contribution in [0.4, 0.5) is 0 Å². The number of ether oxygens (including phenoxy) is 1. The standard InChI is InChI=1S/C33H38ClN3O2S/c1-23(2)13-18-37-24(3)27(33(38)36-16-14-26(15-17-36)19-25-9-5-4-6-10-25)20-30(37)29-22-40-32(35-29)21-39-31-12-8-7-11-28(31)34/h4-12,20,22-23,26H,13-19,21H2,1-3H3. The molecular formula is C33H38ClN3O2S. The normalized spacial score (nSPS) is 14.2. The number of amides is 1. The minimum Gasteiger partial charge on any atom is -0.485 e. The lowest BCUT2D eigenvalue weighted by atomic mass is 9.90. The van der Waals surface area contributed by atoms with Crippen LogP contribution in [0.3, 0.4) is 0 Å². The molecule has 4 aromatic rings. The van der Waals surface area contributed by atoms with Crippen LogP contribution in [0.15, 0.2) is 66.0 Å². The zero-order valence-electron chi connectivity index (χ0n) is 23.6. The smallest absolute Gasteiger partial charge is 0.255 e. The van der Waals surface area contributed by atoms with Crippen molar-refractivity contribution in [1.29, 1.82) is 0 Å². The molecule has 1 amide bonds. The molecule has 0 spiro atoms. The van der Waals surface area contributed by atoms with Gasteiger partial charge < -0.3 is 14.2 Å². The summed E-state index contributed by atoms with van der Waals surface area (Å²) in [6.07, 6.45) is 4.21. The van der Waals surface area contributed by atoms with E-state index in [9.17, 15) is 4.79 Å². The van der Waals surface area contributed by atoms with E-state index in [4.69, 9.17) is 21.3 Å². The average molecular weight is 576 g/mol. The van der Waals surface area contributed by atoms with Gasteiger partial charge in [0.05, 0.1) is 22.0 Å². The van der Waals surface area contributed by atoms with Crippen molar-refractivity contribution < 1.29 is 9.53 Å². The minimum absolute atomic E-state index is 0.137. The molecule has 5 nitrogen and oxygen atoms in total. The van der Waals surface area contributed by atoms with Crippen LogP contribution in [0.1, 0.15) is 59.7 Å². The average Bonchev–Trinajstić information content (AvgIpc) is 3.56. The molecule has 0 saturated carbocycles. The van der Waals surface area contributed by atoms with Crippen molar-refractivity contribution in [3.8, 4) is 17.1 Å². The van der Waals surface area contributed by atoms with E-state index in [0.29, 0.717) is 29.2 Å². The molecule has 3 heterocycles. The Hall–Kier alpha value is -3.09. The summed E-state index contributed by atoms with van der Waals surface area (Å²) in [5.74, 6) is 1.97. The first kappa shape index (κ1) is 28.4. The molecule has 2 aromatic heterocycles. The van der Waals surface area contributed by atoms with Crippen LogP contribution in [0.25, 0.3) is 11.4 Å². The van der Waals surface area contributed by atoms with Crippen LogP contribution >= 0.6 is 22.9 Å². The molecule has 210 valence electrons. The fourth-order valence-electron chi connectivity index (χ4n) is 5.40. The Balaban J connectivity index is 1.31. The second-order valence-corrected chi connectivity index (χ2v) is 12.5. The number of carbonyl (C=O) groups excluding carboxylic acids is 1.